The summed E-state index contributed by atoms with van der Waals surface area (Å²) < 4.78 is 34.2. The summed E-state index contributed by atoms with van der Waals surface area (Å²) in [5.41, 5.74) is 3.41. The number of rotatable bonds is 7. The molecule has 5 atom stereocenters. The van der Waals surface area contributed by atoms with E-state index in [9.17, 15) is 13.5 Å². The van der Waals surface area contributed by atoms with Crippen molar-refractivity contribution in [3.63, 3.8) is 0 Å². The van der Waals surface area contributed by atoms with Gasteiger partial charge in [0, 0.05) is 19.4 Å². The van der Waals surface area contributed by atoms with Crippen LogP contribution in [0.1, 0.15) is 36.1 Å². The van der Waals surface area contributed by atoms with Crippen LogP contribution in [0.2, 0.25) is 0 Å². The van der Waals surface area contributed by atoms with Gasteiger partial charge in [0.25, 0.3) is 0 Å². The number of fused-ring (bicyclic) bond motifs is 2. The summed E-state index contributed by atoms with van der Waals surface area (Å²) in [5.74, 6) is 0.145. The minimum atomic E-state index is -4.07. The number of aliphatic hydroxyl groups is 1. The molecule has 0 spiro atoms. The molecule has 0 aliphatic heterocycles. The highest BCUT2D eigenvalue weighted by molar-refractivity contribution is 7.84. The Morgan fingerprint density at radius 2 is 2.09 bits per heavy atom. The van der Waals surface area contributed by atoms with Crippen molar-refractivity contribution in [1.29, 1.82) is 0 Å². The first-order valence-corrected chi connectivity index (χ1v) is 12.1. The maximum Gasteiger partial charge on any atom is 0.333 e. The van der Waals surface area contributed by atoms with Gasteiger partial charge < -0.3 is 15.2 Å². The number of hydrogen-bond acceptors (Lipinski definition) is 10. The van der Waals surface area contributed by atoms with Crippen LogP contribution in [0.4, 0.5) is 5.82 Å². The fourth-order valence-corrected chi connectivity index (χ4v) is 5.21. The fourth-order valence-electron chi connectivity index (χ4n) is 4.85. The number of aromatic nitrogens is 5. The summed E-state index contributed by atoms with van der Waals surface area (Å²) >= 11 is 0. The number of methoxy groups -OCH3 is 1. The number of nitrogens with zero attached hydrogens (tertiary/aromatic N) is 5. The lowest BCUT2D eigenvalue weighted by atomic mass is 10.1. The monoisotopic (exact) mass is 475 g/mol. The molecule has 33 heavy (non-hydrogen) atoms. The van der Waals surface area contributed by atoms with E-state index in [1.54, 1.807) is 11.8 Å². The predicted molar refractivity (Wildman–Crippen MR) is 117 cm³/mol. The standard InChI is InChI=1S/C20H25N7O5S/c1-31-16-7-11-4-2-3-5-14(11)17(16)24-19-18-20(23-10-22-19)27(26-25-18)13-6-12(15(28)8-13)9-32-33(21,29)30/h2-5,10,12-13,15-17,28H,6-9H2,1H3,(H2,21,29,30)(H,22,23,24)/t12?,13?,15?,16-,17+/m0/s1. The molecule has 4 N–H and O–H groups in total. The minimum Gasteiger partial charge on any atom is -0.393 e. The average molecular weight is 476 g/mol. The van der Waals surface area contributed by atoms with Crippen LogP contribution in [0.3, 0.4) is 0 Å². The molecular weight excluding hydrogens is 450 g/mol. The van der Waals surface area contributed by atoms with Crippen LogP contribution in [0, 0.1) is 5.92 Å². The first-order valence-electron chi connectivity index (χ1n) is 10.6. The summed E-state index contributed by atoms with van der Waals surface area (Å²) in [6.45, 7) is -0.190. The Morgan fingerprint density at radius 3 is 2.88 bits per heavy atom. The molecule has 12 nitrogen and oxygen atoms in total. The lowest BCUT2D eigenvalue weighted by Gasteiger charge is -2.21. The summed E-state index contributed by atoms with van der Waals surface area (Å²) in [5, 5.41) is 27.3. The molecular formula is C20H25N7O5S. The molecule has 2 aromatic heterocycles. The Hall–Kier alpha value is -2.71. The fraction of sp³-hybridized carbons (Fsp3) is 0.500. The van der Waals surface area contributed by atoms with Crippen molar-refractivity contribution >= 4 is 27.3 Å². The van der Waals surface area contributed by atoms with Crippen LogP contribution >= 0.6 is 0 Å². The Balaban J connectivity index is 1.39. The number of aliphatic hydroxyl groups excluding tert-OH is 1. The maximum atomic E-state index is 11.1. The second-order valence-electron chi connectivity index (χ2n) is 8.46. The first-order chi connectivity index (χ1) is 15.8. The third kappa shape index (κ3) is 4.29. The van der Waals surface area contributed by atoms with E-state index in [0.717, 1.165) is 12.0 Å². The highest BCUT2D eigenvalue weighted by Crippen LogP contribution is 2.38. The average Bonchev–Trinajstić information content (AvgIpc) is 3.47. The van der Waals surface area contributed by atoms with E-state index >= 15 is 0 Å². The van der Waals surface area contributed by atoms with E-state index < -0.39 is 22.3 Å². The summed E-state index contributed by atoms with van der Waals surface area (Å²) in [6, 6.07) is 7.86. The molecule has 1 saturated carbocycles. The normalized spacial score (nSPS) is 27.2. The number of nitrogens with one attached hydrogen (secondary N) is 1. The zero-order valence-corrected chi connectivity index (χ0v) is 18.7. The van der Waals surface area contributed by atoms with Gasteiger partial charge in [0.15, 0.2) is 17.0 Å². The quantitative estimate of drug-likeness (QED) is 0.437. The molecule has 2 heterocycles. The molecule has 0 radical (unpaired) electrons. The Bertz CT molecular complexity index is 1270. The van der Waals surface area contributed by atoms with Crippen molar-refractivity contribution in [1.82, 2.24) is 25.0 Å². The third-order valence-corrected chi connectivity index (χ3v) is 6.93. The molecule has 0 saturated heterocycles. The van der Waals surface area contributed by atoms with Crippen LogP contribution in [-0.4, -0.2) is 64.4 Å². The highest BCUT2D eigenvalue weighted by atomic mass is 32.2. The van der Waals surface area contributed by atoms with Crippen molar-refractivity contribution < 1.29 is 22.4 Å². The molecule has 0 amide bonds. The highest BCUT2D eigenvalue weighted by Gasteiger charge is 2.37. The lowest BCUT2D eigenvalue weighted by molar-refractivity contribution is 0.0959. The van der Waals surface area contributed by atoms with Crippen LogP contribution in [0.5, 0.6) is 0 Å². The van der Waals surface area contributed by atoms with Gasteiger partial charge in [-0.1, -0.05) is 29.5 Å². The molecule has 2 aliphatic rings. The van der Waals surface area contributed by atoms with Crippen molar-refractivity contribution in [2.24, 2.45) is 11.1 Å². The van der Waals surface area contributed by atoms with Gasteiger partial charge in [-0.3, -0.25) is 4.18 Å². The molecule has 2 aliphatic carbocycles. The van der Waals surface area contributed by atoms with Gasteiger partial charge in [0.1, 0.15) is 6.33 Å². The summed E-state index contributed by atoms with van der Waals surface area (Å²) in [6.07, 6.45) is 2.25. The van der Waals surface area contributed by atoms with Gasteiger partial charge in [0.2, 0.25) is 0 Å². The molecule has 176 valence electrons. The Morgan fingerprint density at radius 1 is 1.27 bits per heavy atom. The van der Waals surface area contributed by atoms with Crippen LogP contribution in [0.25, 0.3) is 11.2 Å². The van der Waals surface area contributed by atoms with Gasteiger partial charge >= 0.3 is 10.3 Å². The zero-order valence-electron chi connectivity index (χ0n) is 17.9. The summed E-state index contributed by atoms with van der Waals surface area (Å²) in [7, 11) is -2.38. The van der Waals surface area contributed by atoms with Gasteiger partial charge in [0.05, 0.1) is 30.9 Å². The van der Waals surface area contributed by atoms with E-state index in [4.69, 9.17) is 9.88 Å². The second kappa shape index (κ2) is 8.57. The van der Waals surface area contributed by atoms with E-state index in [-0.39, 0.29) is 24.8 Å². The smallest absolute Gasteiger partial charge is 0.333 e. The zero-order chi connectivity index (χ0) is 23.2. The van der Waals surface area contributed by atoms with Crippen molar-refractivity contribution in [2.75, 3.05) is 19.0 Å². The van der Waals surface area contributed by atoms with Gasteiger partial charge in [-0.15, -0.1) is 5.10 Å². The van der Waals surface area contributed by atoms with Crippen LogP contribution < -0.4 is 10.5 Å². The molecule has 3 aromatic rings. The van der Waals surface area contributed by atoms with E-state index in [1.807, 2.05) is 12.1 Å². The van der Waals surface area contributed by atoms with E-state index in [1.165, 1.54) is 11.9 Å². The minimum absolute atomic E-state index is 0.0491. The number of nitrogens with two attached hydrogens (primary N) is 1. The molecule has 5 rings (SSSR count). The van der Waals surface area contributed by atoms with Crippen LogP contribution in [-0.2, 0) is 25.6 Å². The number of ether oxygens (including phenoxy) is 1. The number of anilines is 1. The summed E-state index contributed by atoms with van der Waals surface area (Å²) in [4.78, 5) is 8.76. The number of benzene rings is 1. The third-order valence-electron chi connectivity index (χ3n) is 6.46. The molecule has 1 fully saturated rings. The van der Waals surface area contributed by atoms with Crippen molar-refractivity contribution in [2.45, 2.75) is 43.6 Å². The molecule has 0 bridgehead atoms. The number of hydrogen-bond donors (Lipinski definition) is 3. The van der Waals surface area contributed by atoms with Crippen LogP contribution in [0.15, 0.2) is 30.6 Å². The van der Waals surface area contributed by atoms with E-state index in [0.29, 0.717) is 29.8 Å². The molecule has 1 aromatic carbocycles. The van der Waals surface area contributed by atoms with E-state index in [2.05, 4.69) is 41.9 Å². The Labute approximate surface area is 190 Å². The largest absolute Gasteiger partial charge is 0.393 e. The molecule has 13 heteroatoms. The molecule has 3 unspecified atom stereocenters. The Kier molecular flexibility index (Phi) is 5.74. The van der Waals surface area contributed by atoms with Gasteiger partial charge in [-0.25, -0.2) is 19.8 Å². The van der Waals surface area contributed by atoms with Gasteiger partial charge in [-0.2, -0.15) is 8.42 Å². The van der Waals surface area contributed by atoms with Crippen molar-refractivity contribution in [3.05, 3.63) is 41.7 Å². The van der Waals surface area contributed by atoms with Crippen molar-refractivity contribution in [3.8, 4) is 0 Å². The predicted octanol–water partition coefficient (Wildman–Crippen LogP) is 0.478. The van der Waals surface area contributed by atoms with Gasteiger partial charge in [-0.05, 0) is 24.0 Å². The lowest BCUT2D eigenvalue weighted by Crippen LogP contribution is -2.24. The maximum absolute atomic E-state index is 11.1. The SMILES string of the molecule is CO[C@H]1Cc2ccccc2[C@H]1Nc1ncnc2c1nnn2C1CC(O)C(COS(N)(=O)=O)C1. The topological polar surface area (TPSA) is 167 Å². The second-order valence-corrected chi connectivity index (χ2v) is 9.68. The first kappa shape index (κ1) is 22.1.